The lowest BCUT2D eigenvalue weighted by Gasteiger charge is -2.43. The van der Waals surface area contributed by atoms with E-state index in [0.29, 0.717) is 37.7 Å². The summed E-state index contributed by atoms with van der Waals surface area (Å²) in [5.74, 6) is 0.775. The lowest BCUT2D eigenvalue weighted by molar-refractivity contribution is -0.141. The Morgan fingerprint density at radius 3 is 2.61 bits per heavy atom. The van der Waals surface area contributed by atoms with E-state index in [9.17, 15) is 14.4 Å². The van der Waals surface area contributed by atoms with Gasteiger partial charge in [-0.15, -0.1) is 0 Å². The zero-order valence-electron chi connectivity index (χ0n) is 19.6. The molecule has 33 heavy (non-hydrogen) atoms. The minimum absolute atomic E-state index is 0.0345. The molecule has 0 bridgehead atoms. The smallest absolute Gasteiger partial charge is 0.325 e. The summed E-state index contributed by atoms with van der Waals surface area (Å²) in [7, 11) is 0. The molecule has 8 heteroatoms. The molecule has 1 aromatic heterocycles. The second kappa shape index (κ2) is 7.85. The van der Waals surface area contributed by atoms with Crippen LogP contribution in [0.4, 0.5) is 4.79 Å². The predicted octanol–water partition coefficient (Wildman–Crippen LogP) is 3.67. The molecule has 2 atom stereocenters. The first-order chi connectivity index (χ1) is 15.7. The molecule has 3 heterocycles. The van der Waals surface area contributed by atoms with Gasteiger partial charge in [0.25, 0.3) is 5.91 Å². The Hall–Kier alpha value is -2.90. The van der Waals surface area contributed by atoms with E-state index in [4.69, 9.17) is 4.42 Å². The number of imide groups is 1. The Morgan fingerprint density at radius 1 is 1.18 bits per heavy atom. The standard InChI is InChI=1S/C25H32N4O4/c1-16-12-24(2,3)15-25(13-16)22(31)29(23(32)27-25)14-20(30)28-10-8-17(9-11-28)21-26-18-6-4-5-7-19(18)33-21/h4-7,16-17H,8-15H2,1-3H3,(H,27,32). The third-order valence-corrected chi connectivity index (χ3v) is 7.42. The highest BCUT2D eigenvalue weighted by Crippen LogP contribution is 2.46. The number of nitrogens with one attached hydrogen (secondary N) is 1. The second-order valence-corrected chi connectivity index (χ2v) is 10.9. The lowest BCUT2D eigenvalue weighted by atomic mass is 9.64. The van der Waals surface area contributed by atoms with Crippen LogP contribution in [-0.2, 0) is 9.59 Å². The van der Waals surface area contributed by atoms with Crippen molar-refractivity contribution in [2.24, 2.45) is 11.3 Å². The molecule has 8 nitrogen and oxygen atoms in total. The first-order valence-electron chi connectivity index (χ1n) is 11.9. The van der Waals surface area contributed by atoms with Gasteiger partial charge in [0.1, 0.15) is 17.6 Å². The molecule has 3 fully saturated rings. The van der Waals surface area contributed by atoms with Crippen molar-refractivity contribution in [1.29, 1.82) is 0 Å². The van der Waals surface area contributed by atoms with Crippen LogP contribution >= 0.6 is 0 Å². The number of aromatic nitrogens is 1. The summed E-state index contributed by atoms with van der Waals surface area (Å²) in [6, 6.07) is 7.25. The Balaban J connectivity index is 1.21. The normalized spacial score (nSPS) is 28.0. The number of fused-ring (bicyclic) bond motifs is 1. The van der Waals surface area contributed by atoms with Gasteiger partial charge in [0, 0.05) is 19.0 Å². The van der Waals surface area contributed by atoms with Crippen LogP contribution < -0.4 is 5.32 Å². The highest BCUT2D eigenvalue weighted by atomic mass is 16.3. The molecular weight excluding hydrogens is 420 g/mol. The Bertz CT molecular complexity index is 1070. The molecule has 1 aromatic carbocycles. The fourth-order valence-electron chi connectivity index (χ4n) is 6.33. The average Bonchev–Trinajstić information content (AvgIpc) is 3.27. The number of oxazole rings is 1. The SMILES string of the molecule is CC1CC(C)(C)CC2(C1)NC(=O)N(CC(=O)N1CCC(c3nc4ccccc4o3)CC1)C2=O. The van der Waals surface area contributed by atoms with Crippen molar-refractivity contribution in [2.45, 2.75) is 64.3 Å². The van der Waals surface area contributed by atoms with Gasteiger partial charge in [0.15, 0.2) is 11.5 Å². The van der Waals surface area contributed by atoms with E-state index in [2.05, 4.69) is 31.1 Å². The number of carbonyl (C=O) groups excluding carboxylic acids is 3. The molecular formula is C25H32N4O4. The van der Waals surface area contributed by atoms with Gasteiger partial charge in [0.2, 0.25) is 5.91 Å². The number of hydrogen-bond acceptors (Lipinski definition) is 5. The highest BCUT2D eigenvalue weighted by Gasteiger charge is 2.56. The summed E-state index contributed by atoms with van der Waals surface area (Å²) < 4.78 is 5.91. The predicted molar refractivity (Wildman–Crippen MR) is 122 cm³/mol. The Kier molecular flexibility index (Phi) is 5.21. The van der Waals surface area contributed by atoms with Crippen molar-refractivity contribution in [3.8, 4) is 0 Å². The second-order valence-electron chi connectivity index (χ2n) is 10.9. The summed E-state index contributed by atoms with van der Waals surface area (Å²) in [6.07, 6.45) is 3.74. The van der Waals surface area contributed by atoms with Crippen LogP contribution in [0.1, 0.15) is 64.7 Å². The van der Waals surface area contributed by atoms with E-state index in [1.54, 1.807) is 4.90 Å². The number of piperidine rings is 1. The topological polar surface area (TPSA) is 95.8 Å². The molecule has 3 aliphatic rings. The van der Waals surface area contributed by atoms with E-state index in [1.165, 1.54) is 0 Å². The third-order valence-electron chi connectivity index (χ3n) is 7.42. The number of rotatable bonds is 3. The van der Waals surface area contributed by atoms with E-state index in [1.807, 2.05) is 24.3 Å². The molecule has 0 radical (unpaired) electrons. The fourth-order valence-corrected chi connectivity index (χ4v) is 6.33. The first-order valence-corrected chi connectivity index (χ1v) is 11.9. The van der Waals surface area contributed by atoms with Crippen molar-refractivity contribution in [1.82, 2.24) is 20.1 Å². The van der Waals surface area contributed by atoms with Gasteiger partial charge in [-0.2, -0.15) is 0 Å². The molecule has 176 valence electrons. The molecule has 1 saturated carbocycles. The number of benzene rings is 1. The minimum Gasteiger partial charge on any atom is -0.440 e. The zero-order chi connectivity index (χ0) is 23.4. The van der Waals surface area contributed by atoms with E-state index >= 15 is 0 Å². The van der Waals surface area contributed by atoms with Crippen molar-refractivity contribution in [2.75, 3.05) is 19.6 Å². The monoisotopic (exact) mass is 452 g/mol. The molecule has 4 amide bonds. The lowest BCUT2D eigenvalue weighted by Crippen LogP contribution is -2.54. The molecule has 5 rings (SSSR count). The van der Waals surface area contributed by atoms with Crippen LogP contribution in [0.15, 0.2) is 28.7 Å². The number of amides is 4. The van der Waals surface area contributed by atoms with Crippen molar-refractivity contribution >= 4 is 28.9 Å². The maximum atomic E-state index is 13.3. The van der Waals surface area contributed by atoms with E-state index in [-0.39, 0.29) is 29.7 Å². The van der Waals surface area contributed by atoms with Crippen LogP contribution in [0.2, 0.25) is 0 Å². The van der Waals surface area contributed by atoms with Gasteiger partial charge in [-0.05, 0) is 55.6 Å². The van der Waals surface area contributed by atoms with Crippen LogP contribution in [0.3, 0.4) is 0 Å². The molecule has 2 unspecified atom stereocenters. The quantitative estimate of drug-likeness (QED) is 0.717. The van der Waals surface area contributed by atoms with Gasteiger partial charge in [-0.3, -0.25) is 14.5 Å². The van der Waals surface area contributed by atoms with Gasteiger partial charge in [0.05, 0.1) is 0 Å². The fraction of sp³-hybridized carbons (Fsp3) is 0.600. The summed E-state index contributed by atoms with van der Waals surface area (Å²) >= 11 is 0. The van der Waals surface area contributed by atoms with Crippen LogP contribution in [0, 0.1) is 11.3 Å². The maximum Gasteiger partial charge on any atom is 0.325 e. The first kappa shape index (κ1) is 21.9. The minimum atomic E-state index is -0.877. The van der Waals surface area contributed by atoms with Gasteiger partial charge >= 0.3 is 6.03 Å². The number of urea groups is 1. The largest absolute Gasteiger partial charge is 0.440 e. The van der Waals surface area contributed by atoms with E-state index in [0.717, 1.165) is 35.3 Å². The number of carbonyl (C=O) groups is 3. The number of hydrogen-bond donors (Lipinski definition) is 1. The molecule has 1 N–H and O–H groups in total. The maximum absolute atomic E-state index is 13.3. The summed E-state index contributed by atoms with van der Waals surface area (Å²) in [4.78, 5) is 46.5. The van der Waals surface area contributed by atoms with Crippen molar-refractivity contribution < 1.29 is 18.8 Å². The number of nitrogens with zero attached hydrogens (tertiary/aromatic N) is 3. The van der Waals surface area contributed by atoms with Gasteiger partial charge < -0.3 is 14.6 Å². The third kappa shape index (κ3) is 4.00. The number of para-hydroxylation sites is 2. The summed E-state index contributed by atoms with van der Waals surface area (Å²) in [6.45, 7) is 7.31. The summed E-state index contributed by atoms with van der Waals surface area (Å²) in [5, 5.41) is 2.95. The van der Waals surface area contributed by atoms with Crippen molar-refractivity contribution in [3.63, 3.8) is 0 Å². The van der Waals surface area contributed by atoms with E-state index < -0.39 is 11.6 Å². The molecule has 2 aliphatic heterocycles. The Labute approximate surface area is 193 Å². The Morgan fingerprint density at radius 2 is 1.91 bits per heavy atom. The zero-order valence-corrected chi connectivity index (χ0v) is 19.6. The molecule has 2 aromatic rings. The van der Waals surface area contributed by atoms with Crippen molar-refractivity contribution in [3.05, 3.63) is 30.2 Å². The molecule has 1 spiro atoms. The van der Waals surface area contributed by atoms with Crippen LogP contribution in [0.25, 0.3) is 11.1 Å². The highest BCUT2D eigenvalue weighted by molar-refractivity contribution is 6.09. The van der Waals surface area contributed by atoms with Gasteiger partial charge in [-0.1, -0.05) is 32.9 Å². The van der Waals surface area contributed by atoms with Crippen LogP contribution in [0.5, 0.6) is 0 Å². The number of likely N-dealkylation sites (tertiary alicyclic amines) is 1. The molecule has 1 aliphatic carbocycles. The van der Waals surface area contributed by atoms with Crippen LogP contribution in [-0.4, -0.2) is 57.8 Å². The summed E-state index contributed by atoms with van der Waals surface area (Å²) in [5.41, 5.74) is 0.712. The average molecular weight is 453 g/mol. The molecule has 2 saturated heterocycles. The van der Waals surface area contributed by atoms with Gasteiger partial charge in [-0.25, -0.2) is 9.78 Å².